The van der Waals surface area contributed by atoms with E-state index in [0.717, 1.165) is 12.1 Å². The monoisotopic (exact) mass is 297 g/mol. The van der Waals surface area contributed by atoms with Gasteiger partial charge in [-0.15, -0.1) is 0 Å². The summed E-state index contributed by atoms with van der Waals surface area (Å²) in [6, 6.07) is 3.87. The van der Waals surface area contributed by atoms with Gasteiger partial charge in [0.05, 0.1) is 23.8 Å². The first-order valence-corrected chi connectivity index (χ1v) is 5.44. The highest BCUT2D eigenvalue weighted by Gasteiger charge is 2.33. The Kier molecular flexibility index (Phi) is 4.87. The van der Waals surface area contributed by atoms with Crippen molar-refractivity contribution in [2.24, 2.45) is 0 Å². The maximum absolute atomic E-state index is 12.5. The van der Waals surface area contributed by atoms with Crippen LogP contribution in [-0.4, -0.2) is 12.8 Å². The normalized spacial score (nSPS) is 12.1. The Morgan fingerprint density at radius 3 is 2.25 bits per heavy atom. The van der Waals surface area contributed by atoms with Gasteiger partial charge in [0, 0.05) is 6.42 Å². The zero-order valence-electron chi connectivity index (χ0n) is 9.98. The molecule has 1 aromatic rings. The molecule has 0 amide bonds. The molecule has 1 aromatic carbocycles. The molecule has 0 spiro atoms. The molecule has 20 heavy (non-hydrogen) atoms. The Morgan fingerprint density at radius 1 is 1.10 bits per heavy atom. The van der Waals surface area contributed by atoms with Gasteiger partial charge in [-0.1, -0.05) is 0 Å². The fraction of sp³-hybridized carbons (Fsp3) is 0.417. The van der Waals surface area contributed by atoms with Gasteiger partial charge in [0.2, 0.25) is 0 Å². The molecule has 0 saturated carbocycles. The van der Waals surface area contributed by atoms with Gasteiger partial charge >= 0.3 is 12.4 Å². The summed E-state index contributed by atoms with van der Waals surface area (Å²) in [7, 11) is 0. The Hall–Kier alpha value is -1.91. The van der Waals surface area contributed by atoms with Crippen molar-refractivity contribution in [3.05, 3.63) is 29.3 Å². The summed E-state index contributed by atoms with van der Waals surface area (Å²) in [6.07, 6.45) is -10.3. The second kappa shape index (κ2) is 6.03. The van der Waals surface area contributed by atoms with E-state index in [1.807, 2.05) is 0 Å². The Bertz CT molecular complexity index is 500. The molecule has 0 bridgehead atoms. The molecule has 0 aliphatic rings. The molecule has 0 atom stereocenters. The highest BCUT2D eigenvalue weighted by atomic mass is 19.4. The van der Waals surface area contributed by atoms with Crippen LogP contribution in [0.25, 0.3) is 0 Å². The van der Waals surface area contributed by atoms with E-state index in [4.69, 9.17) is 10.00 Å². The van der Waals surface area contributed by atoms with Gasteiger partial charge < -0.3 is 4.74 Å². The van der Waals surface area contributed by atoms with Crippen LogP contribution in [0.3, 0.4) is 0 Å². The van der Waals surface area contributed by atoms with E-state index in [0.29, 0.717) is 6.07 Å². The lowest BCUT2D eigenvalue weighted by molar-refractivity contribution is -0.138. The molecule has 0 unspecified atom stereocenters. The van der Waals surface area contributed by atoms with E-state index >= 15 is 0 Å². The number of hydrogen-bond acceptors (Lipinski definition) is 2. The number of hydrogen-bond donors (Lipinski definition) is 0. The van der Waals surface area contributed by atoms with Crippen molar-refractivity contribution < 1.29 is 31.1 Å². The van der Waals surface area contributed by atoms with E-state index in [1.165, 1.54) is 6.07 Å². The van der Waals surface area contributed by atoms with E-state index in [-0.39, 0.29) is 18.8 Å². The summed E-state index contributed by atoms with van der Waals surface area (Å²) in [5, 5.41) is 8.63. The van der Waals surface area contributed by atoms with Crippen LogP contribution >= 0.6 is 0 Å². The smallest absolute Gasteiger partial charge is 0.417 e. The van der Waals surface area contributed by atoms with Gasteiger partial charge in [-0.05, 0) is 24.6 Å². The maximum atomic E-state index is 12.5. The van der Waals surface area contributed by atoms with Crippen molar-refractivity contribution in [1.29, 1.82) is 5.26 Å². The predicted molar refractivity (Wildman–Crippen MR) is 56.9 cm³/mol. The number of rotatable bonds is 4. The largest absolute Gasteiger partial charge is 0.494 e. The fourth-order valence-corrected chi connectivity index (χ4v) is 1.42. The standard InChI is InChI=1S/C12H9F6NO/c13-11(14,15)4-1-5-20-9-2-3-10(12(16,17)18)8(6-9)7-19/h2-3,6H,1,4-5H2. The van der Waals surface area contributed by atoms with E-state index in [9.17, 15) is 26.3 Å². The zero-order valence-corrected chi connectivity index (χ0v) is 9.98. The molecule has 110 valence electrons. The van der Waals surface area contributed by atoms with Gasteiger partial charge in [-0.2, -0.15) is 31.6 Å². The van der Waals surface area contributed by atoms with Crippen molar-refractivity contribution in [3.63, 3.8) is 0 Å². The Labute approximate surface area is 110 Å². The number of ether oxygens (including phenoxy) is 1. The van der Waals surface area contributed by atoms with E-state index in [1.54, 1.807) is 0 Å². The van der Waals surface area contributed by atoms with Gasteiger partial charge in [0.15, 0.2) is 0 Å². The summed E-state index contributed by atoms with van der Waals surface area (Å²) >= 11 is 0. The average molecular weight is 297 g/mol. The molecule has 8 heteroatoms. The number of halogens is 6. The van der Waals surface area contributed by atoms with Crippen LogP contribution in [0.5, 0.6) is 5.75 Å². The van der Waals surface area contributed by atoms with Gasteiger partial charge in [0.1, 0.15) is 5.75 Å². The maximum Gasteiger partial charge on any atom is 0.417 e. The quantitative estimate of drug-likeness (QED) is 0.613. The molecule has 0 fully saturated rings. The molecule has 0 saturated heterocycles. The van der Waals surface area contributed by atoms with Gasteiger partial charge in [0.25, 0.3) is 0 Å². The van der Waals surface area contributed by atoms with Crippen LogP contribution < -0.4 is 4.74 Å². The van der Waals surface area contributed by atoms with E-state index < -0.39 is 29.9 Å². The number of benzene rings is 1. The fourth-order valence-electron chi connectivity index (χ4n) is 1.42. The first-order chi connectivity index (χ1) is 9.13. The second-order valence-corrected chi connectivity index (χ2v) is 3.88. The van der Waals surface area contributed by atoms with Crippen LogP contribution in [0.2, 0.25) is 0 Å². The Balaban J connectivity index is 2.68. The molecule has 1 rings (SSSR count). The van der Waals surface area contributed by atoms with E-state index in [2.05, 4.69) is 0 Å². The molecule has 2 nitrogen and oxygen atoms in total. The summed E-state index contributed by atoms with van der Waals surface area (Å²) in [4.78, 5) is 0. The molecule has 0 heterocycles. The van der Waals surface area contributed by atoms with Crippen molar-refractivity contribution in [2.45, 2.75) is 25.2 Å². The zero-order chi connectivity index (χ0) is 15.4. The lowest BCUT2D eigenvalue weighted by Crippen LogP contribution is -2.10. The lowest BCUT2D eigenvalue weighted by atomic mass is 10.1. The van der Waals surface area contributed by atoms with Crippen molar-refractivity contribution in [2.75, 3.05) is 6.61 Å². The molecule has 0 aromatic heterocycles. The molecular weight excluding hydrogens is 288 g/mol. The third kappa shape index (κ3) is 4.99. The Morgan fingerprint density at radius 2 is 1.75 bits per heavy atom. The topological polar surface area (TPSA) is 33.0 Å². The van der Waals surface area contributed by atoms with Crippen molar-refractivity contribution in [1.82, 2.24) is 0 Å². The van der Waals surface area contributed by atoms with Gasteiger partial charge in [-0.3, -0.25) is 0 Å². The highest BCUT2D eigenvalue weighted by molar-refractivity contribution is 5.44. The summed E-state index contributed by atoms with van der Waals surface area (Å²) < 4.78 is 77.9. The molecular formula is C12H9F6NO. The third-order valence-corrected chi connectivity index (χ3v) is 2.29. The summed E-state index contributed by atoms with van der Waals surface area (Å²) in [5.74, 6) is -0.0725. The van der Waals surface area contributed by atoms with Crippen LogP contribution in [0, 0.1) is 11.3 Å². The highest BCUT2D eigenvalue weighted by Crippen LogP contribution is 2.33. The minimum absolute atomic E-state index is 0.0725. The molecule has 0 radical (unpaired) electrons. The first kappa shape index (κ1) is 16.1. The molecule has 0 N–H and O–H groups in total. The van der Waals surface area contributed by atoms with Crippen molar-refractivity contribution in [3.8, 4) is 11.8 Å². The van der Waals surface area contributed by atoms with Crippen LogP contribution in [0.4, 0.5) is 26.3 Å². The van der Waals surface area contributed by atoms with Gasteiger partial charge in [-0.25, -0.2) is 0 Å². The minimum atomic E-state index is -4.67. The minimum Gasteiger partial charge on any atom is -0.494 e. The SMILES string of the molecule is N#Cc1cc(OCCCC(F)(F)F)ccc1C(F)(F)F. The summed E-state index contributed by atoms with van der Waals surface area (Å²) in [5.41, 5.74) is -1.74. The lowest BCUT2D eigenvalue weighted by Gasteiger charge is -2.11. The molecule has 0 aliphatic carbocycles. The first-order valence-electron chi connectivity index (χ1n) is 5.44. The van der Waals surface area contributed by atoms with Crippen LogP contribution in [-0.2, 0) is 6.18 Å². The van der Waals surface area contributed by atoms with Crippen LogP contribution in [0.15, 0.2) is 18.2 Å². The third-order valence-electron chi connectivity index (χ3n) is 2.29. The predicted octanol–water partition coefficient (Wildman–Crippen LogP) is 4.30. The number of nitriles is 1. The van der Waals surface area contributed by atoms with Crippen LogP contribution in [0.1, 0.15) is 24.0 Å². The number of nitrogens with zero attached hydrogens (tertiary/aromatic N) is 1. The number of alkyl halides is 6. The molecule has 0 aliphatic heterocycles. The second-order valence-electron chi connectivity index (χ2n) is 3.88. The average Bonchev–Trinajstić information content (AvgIpc) is 2.32. The summed E-state index contributed by atoms with van der Waals surface area (Å²) in [6.45, 7) is -0.296. The van der Waals surface area contributed by atoms with Crippen molar-refractivity contribution >= 4 is 0 Å².